The summed E-state index contributed by atoms with van der Waals surface area (Å²) in [6.45, 7) is 6.13. The molecule has 0 heterocycles. The molecule has 0 aromatic carbocycles. The number of rotatable bonds is 36. The molecule has 0 radical (unpaired) electrons. The second-order valence-corrected chi connectivity index (χ2v) is 13.7. The average Bonchev–Trinajstić information content (AvgIpc) is 3.06. The number of esters is 3. The molecule has 0 aliphatic carbocycles. The van der Waals surface area contributed by atoms with Gasteiger partial charge in [-0.3, -0.25) is 14.4 Å². The second-order valence-electron chi connectivity index (χ2n) is 13.7. The van der Waals surface area contributed by atoms with Crippen molar-refractivity contribution in [3.05, 3.63) is 0 Å². The van der Waals surface area contributed by atoms with Crippen LogP contribution in [0, 0.1) is 0 Å². The molecule has 0 amide bonds. The van der Waals surface area contributed by atoms with Crippen LogP contribution in [0.5, 0.6) is 0 Å². The normalized spacial score (nSPS) is 12.5. The molecule has 0 saturated heterocycles. The summed E-state index contributed by atoms with van der Waals surface area (Å²) in [5.41, 5.74) is 0. The molecule has 0 fully saturated rings. The zero-order valence-corrected chi connectivity index (χ0v) is 31.2. The van der Waals surface area contributed by atoms with Gasteiger partial charge in [0.25, 0.3) is 0 Å². The third kappa shape index (κ3) is 32.7. The Kier molecular flexibility index (Phi) is 34.4. The van der Waals surface area contributed by atoms with Gasteiger partial charge in [-0.2, -0.15) is 0 Å². The first-order valence-corrected chi connectivity index (χ1v) is 20.1. The molecule has 0 unspecified atom stereocenters. The molecule has 0 bridgehead atoms. The molecule has 0 saturated carbocycles. The van der Waals surface area contributed by atoms with Gasteiger partial charge in [0.15, 0.2) is 6.10 Å². The zero-order valence-electron chi connectivity index (χ0n) is 31.2. The number of aliphatic hydroxyl groups is 1. The Morgan fingerprint density at radius 2 is 0.681 bits per heavy atom. The molecule has 2 atom stereocenters. The summed E-state index contributed by atoms with van der Waals surface area (Å²) in [6, 6.07) is 0. The van der Waals surface area contributed by atoms with E-state index in [2.05, 4.69) is 20.8 Å². The predicted octanol–water partition coefficient (Wildman–Crippen LogP) is 11.1. The quantitative estimate of drug-likeness (QED) is 0.0403. The van der Waals surface area contributed by atoms with E-state index in [1.165, 1.54) is 116 Å². The molecular weight excluding hydrogens is 592 g/mol. The van der Waals surface area contributed by atoms with Crippen LogP contribution in [0.15, 0.2) is 0 Å². The Bertz CT molecular complexity index is 711. The van der Waals surface area contributed by atoms with Crippen molar-refractivity contribution in [1.29, 1.82) is 0 Å². The smallest absolute Gasteiger partial charge is 0.306 e. The van der Waals surface area contributed by atoms with E-state index in [0.717, 1.165) is 57.8 Å². The number of ether oxygens (including phenoxy) is 3. The Balaban J connectivity index is 4.48. The largest absolute Gasteiger partial charge is 0.463 e. The highest BCUT2D eigenvalue weighted by Crippen LogP contribution is 2.15. The molecule has 47 heavy (non-hydrogen) atoms. The van der Waals surface area contributed by atoms with Crippen LogP contribution in [-0.2, 0) is 28.6 Å². The SMILES string of the molecule is CCCCCCCCCCCC(=O)OC[C@H](O)[C@@H](COC(=O)CCCCCCCCCCC)OC(=O)CCCCCCCCCCC. The van der Waals surface area contributed by atoms with Gasteiger partial charge >= 0.3 is 17.9 Å². The molecule has 0 aromatic rings. The summed E-state index contributed by atoms with van der Waals surface area (Å²) in [5.74, 6) is -1.15. The summed E-state index contributed by atoms with van der Waals surface area (Å²) in [5, 5.41) is 10.8. The molecule has 7 nitrogen and oxygen atoms in total. The number of unbranched alkanes of at least 4 members (excludes halogenated alkanes) is 24. The number of aliphatic hydroxyl groups excluding tert-OH is 1. The summed E-state index contributed by atoms with van der Waals surface area (Å²) in [7, 11) is 0. The molecule has 0 aromatic heterocycles. The van der Waals surface area contributed by atoms with Crippen molar-refractivity contribution in [2.24, 2.45) is 0 Å². The van der Waals surface area contributed by atoms with Crippen molar-refractivity contribution in [3.8, 4) is 0 Å². The maximum Gasteiger partial charge on any atom is 0.306 e. The zero-order chi connectivity index (χ0) is 34.6. The van der Waals surface area contributed by atoms with Crippen LogP contribution >= 0.6 is 0 Å². The highest BCUT2D eigenvalue weighted by molar-refractivity contribution is 5.70. The second kappa shape index (κ2) is 35.7. The molecule has 1 N–H and O–H groups in total. The first-order chi connectivity index (χ1) is 22.9. The summed E-state index contributed by atoms with van der Waals surface area (Å²) < 4.78 is 16.3. The van der Waals surface area contributed by atoms with Gasteiger partial charge < -0.3 is 19.3 Å². The van der Waals surface area contributed by atoms with E-state index in [4.69, 9.17) is 14.2 Å². The van der Waals surface area contributed by atoms with E-state index < -0.39 is 18.2 Å². The van der Waals surface area contributed by atoms with Crippen molar-refractivity contribution in [2.75, 3.05) is 13.2 Å². The Morgan fingerprint density at radius 1 is 0.404 bits per heavy atom. The molecule has 0 rings (SSSR count). The van der Waals surface area contributed by atoms with E-state index >= 15 is 0 Å². The number of carbonyl (C=O) groups is 3. The van der Waals surface area contributed by atoms with Crippen molar-refractivity contribution < 1.29 is 33.7 Å². The van der Waals surface area contributed by atoms with Gasteiger partial charge in [0, 0.05) is 19.3 Å². The molecule has 7 heteroatoms. The minimum atomic E-state index is -1.25. The monoisotopic (exact) mass is 669 g/mol. The lowest BCUT2D eigenvalue weighted by atomic mass is 10.1. The van der Waals surface area contributed by atoms with Crippen LogP contribution < -0.4 is 0 Å². The minimum Gasteiger partial charge on any atom is -0.463 e. The van der Waals surface area contributed by atoms with Crippen LogP contribution in [-0.4, -0.2) is 48.4 Å². The Hall–Kier alpha value is -1.63. The van der Waals surface area contributed by atoms with Gasteiger partial charge in [0.2, 0.25) is 0 Å². The van der Waals surface area contributed by atoms with Crippen LogP contribution in [0.3, 0.4) is 0 Å². The van der Waals surface area contributed by atoms with Gasteiger partial charge in [-0.1, -0.05) is 175 Å². The van der Waals surface area contributed by atoms with Gasteiger partial charge in [0.05, 0.1) is 0 Å². The molecule has 0 aliphatic heterocycles. The van der Waals surface area contributed by atoms with E-state index in [1.54, 1.807) is 0 Å². The maximum atomic E-state index is 12.6. The topological polar surface area (TPSA) is 99.1 Å². The Morgan fingerprint density at radius 3 is 1.02 bits per heavy atom. The molecule has 0 aliphatic rings. The summed E-state index contributed by atoms with van der Waals surface area (Å²) in [6.07, 6.45) is 29.8. The lowest BCUT2D eigenvalue weighted by Gasteiger charge is -2.23. The van der Waals surface area contributed by atoms with Crippen LogP contribution in [0.25, 0.3) is 0 Å². The standard InChI is InChI=1S/C40H76O7/c1-4-7-10-13-16-19-22-25-28-31-38(42)45-34-36(41)37(47-40(44)33-30-27-24-21-18-15-12-9-6-3)35-46-39(43)32-29-26-23-20-17-14-11-8-5-2/h36-37,41H,4-35H2,1-3H3/t36-,37+/m0/s1. The highest BCUT2D eigenvalue weighted by atomic mass is 16.6. The van der Waals surface area contributed by atoms with E-state index in [1.807, 2.05) is 0 Å². The minimum absolute atomic E-state index is 0.239. The number of hydrogen-bond donors (Lipinski definition) is 1. The van der Waals surface area contributed by atoms with E-state index in [9.17, 15) is 19.5 Å². The van der Waals surface area contributed by atoms with Gasteiger partial charge in [-0.25, -0.2) is 0 Å². The number of carbonyl (C=O) groups excluding carboxylic acids is 3. The van der Waals surface area contributed by atoms with E-state index in [0.29, 0.717) is 12.8 Å². The first-order valence-electron chi connectivity index (χ1n) is 20.1. The fraction of sp³-hybridized carbons (Fsp3) is 0.925. The maximum absolute atomic E-state index is 12.6. The summed E-state index contributed by atoms with van der Waals surface area (Å²) >= 11 is 0. The molecule has 278 valence electrons. The fourth-order valence-corrected chi connectivity index (χ4v) is 5.80. The van der Waals surface area contributed by atoms with Crippen molar-refractivity contribution in [1.82, 2.24) is 0 Å². The molecule has 0 spiro atoms. The molecular formula is C40H76O7. The van der Waals surface area contributed by atoms with Gasteiger partial charge in [0.1, 0.15) is 19.3 Å². The first kappa shape index (κ1) is 45.4. The lowest BCUT2D eigenvalue weighted by molar-refractivity contribution is -0.171. The van der Waals surface area contributed by atoms with Gasteiger partial charge in [-0.05, 0) is 19.3 Å². The Labute approximate surface area is 290 Å². The predicted molar refractivity (Wildman–Crippen MR) is 193 cm³/mol. The third-order valence-corrected chi connectivity index (χ3v) is 8.99. The third-order valence-electron chi connectivity index (χ3n) is 8.99. The average molecular weight is 669 g/mol. The number of hydrogen-bond acceptors (Lipinski definition) is 7. The highest BCUT2D eigenvalue weighted by Gasteiger charge is 2.26. The van der Waals surface area contributed by atoms with Gasteiger partial charge in [-0.15, -0.1) is 0 Å². The lowest BCUT2D eigenvalue weighted by Crippen LogP contribution is -2.39. The van der Waals surface area contributed by atoms with Crippen LogP contribution in [0.4, 0.5) is 0 Å². The fourth-order valence-electron chi connectivity index (χ4n) is 5.80. The summed E-state index contributed by atoms with van der Waals surface area (Å²) in [4.78, 5) is 37.3. The van der Waals surface area contributed by atoms with Crippen molar-refractivity contribution in [2.45, 2.75) is 226 Å². The van der Waals surface area contributed by atoms with Crippen molar-refractivity contribution in [3.63, 3.8) is 0 Å². The van der Waals surface area contributed by atoms with E-state index in [-0.39, 0.29) is 31.6 Å². The van der Waals surface area contributed by atoms with Crippen LogP contribution in [0.2, 0.25) is 0 Å². The van der Waals surface area contributed by atoms with Crippen LogP contribution in [0.1, 0.15) is 213 Å². The van der Waals surface area contributed by atoms with Crippen molar-refractivity contribution >= 4 is 17.9 Å².